The van der Waals surface area contributed by atoms with E-state index in [0.717, 1.165) is 25.8 Å². The summed E-state index contributed by atoms with van der Waals surface area (Å²) in [6.07, 6.45) is 3.46. The van der Waals surface area contributed by atoms with Crippen molar-refractivity contribution in [1.29, 1.82) is 0 Å². The number of piperidine rings is 1. The number of aliphatic carboxylic acids is 1. The molecule has 0 aromatic rings. The third-order valence-electron chi connectivity index (χ3n) is 1.74. The topological polar surface area (TPSA) is 51.4 Å². The highest BCUT2D eigenvalue weighted by Crippen LogP contribution is 2.10. The fraction of sp³-hybridized carbons (Fsp3) is 0.857. The highest BCUT2D eigenvalue weighted by molar-refractivity contribution is 5.67. The SMILES string of the molecule is O=C(O)CC1CCCC[N]1. The van der Waals surface area contributed by atoms with Crippen LogP contribution in [0.15, 0.2) is 0 Å². The summed E-state index contributed by atoms with van der Waals surface area (Å²) in [4.78, 5) is 10.2. The molecule has 0 aliphatic carbocycles. The zero-order valence-corrected chi connectivity index (χ0v) is 5.92. The lowest BCUT2D eigenvalue weighted by Gasteiger charge is -2.19. The highest BCUT2D eigenvalue weighted by atomic mass is 16.4. The van der Waals surface area contributed by atoms with Gasteiger partial charge >= 0.3 is 5.97 Å². The van der Waals surface area contributed by atoms with Crippen LogP contribution < -0.4 is 5.32 Å². The van der Waals surface area contributed by atoms with Crippen molar-refractivity contribution in [3.8, 4) is 0 Å². The van der Waals surface area contributed by atoms with Gasteiger partial charge in [0.15, 0.2) is 0 Å². The van der Waals surface area contributed by atoms with Crippen molar-refractivity contribution in [3.63, 3.8) is 0 Å². The minimum atomic E-state index is -0.726. The molecule has 0 amide bonds. The molecule has 3 heteroatoms. The predicted octanol–water partition coefficient (Wildman–Crippen LogP) is 0.618. The van der Waals surface area contributed by atoms with Gasteiger partial charge in [0.1, 0.15) is 0 Å². The second-order valence-corrected chi connectivity index (χ2v) is 2.65. The number of hydrogen-bond acceptors (Lipinski definition) is 1. The molecule has 1 N–H and O–H groups in total. The van der Waals surface area contributed by atoms with E-state index < -0.39 is 5.97 Å². The number of carbonyl (C=O) groups is 1. The van der Waals surface area contributed by atoms with Crippen LogP contribution in [0.25, 0.3) is 0 Å². The molecule has 1 unspecified atom stereocenters. The normalized spacial score (nSPS) is 26.2. The first-order chi connectivity index (χ1) is 4.79. The smallest absolute Gasteiger partial charge is 0.304 e. The summed E-state index contributed by atoms with van der Waals surface area (Å²) < 4.78 is 0. The molecule has 10 heavy (non-hydrogen) atoms. The largest absolute Gasteiger partial charge is 0.481 e. The van der Waals surface area contributed by atoms with Crippen LogP contribution >= 0.6 is 0 Å². The monoisotopic (exact) mass is 142 g/mol. The van der Waals surface area contributed by atoms with Crippen LogP contribution in [0, 0.1) is 0 Å². The van der Waals surface area contributed by atoms with Crippen LogP contribution in [0.1, 0.15) is 25.7 Å². The quantitative estimate of drug-likeness (QED) is 0.614. The van der Waals surface area contributed by atoms with Gasteiger partial charge in [0.25, 0.3) is 0 Å². The third-order valence-corrected chi connectivity index (χ3v) is 1.74. The Morgan fingerprint density at radius 3 is 2.90 bits per heavy atom. The Hall–Kier alpha value is -0.570. The molecule has 1 rings (SSSR count). The first-order valence-electron chi connectivity index (χ1n) is 3.67. The van der Waals surface area contributed by atoms with Crippen LogP contribution in [0.3, 0.4) is 0 Å². The van der Waals surface area contributed by atoms with Gasteiger partial charge in [-0.05, 0) is 12.8 Å². The van der Waals surface area contributed by atoms with Gasteiger partial charge < -0.3 is 5.11 Å². The summed E-state index contributed by atoms with van der Waals surface area (Å²) in [5.74, 6) is -0.726. The Bertz CT molecular complexity index is 119. The first-order valence-corrected chi connectivity index (χ1v) is 3.67. The zero-order valence-electron chi connectivity index (χ0n) is 5.92. The van der Waals surface area contributed by atoms with Crippen LogP contribution in [0.4, 0.5) is 0 Å². The molecule has 1 fully saturated rings. The van der Waals surface area contributed by atoms with Crippen molar-refractivity contribution in [2.45, 2.75) is 31.7 Å². The molecule has 0 aromatic heterocycles. The average molecular weight is 142 g/mol. The highest BCUT2D eigenvalue weighted by Gasteiger charge is 2.16. The van der Waals surface area contributed by atoms with E-state index >= 15 is 0 Å². The van der Waals surface area contributed by atoms with Crippen molar-refractivity contribution in [2.24, 2.45) is 0 Å². The van der Waals surface area contributed by atoms with Crippen LogP contribution in [0.5, 0.6) is 0 Å². The number of nitrogens with zero attached hydrogens (tertiary/aromatic N) is 1. The maximum Gasteiger partial charge on any atom is 0.304 e. The minimum Gasteiger partial charge on any atom is -0.481 e. The fourth-order valence-corrected chi connectivity index (χ4v) is 1.23. The number of rotatable bonds is 2. The van der Waals surface area contributed by atoms with Crippen molar-refractivity contribution in [3.05, 3.63) is 0 Å². The molecule has 1 aliphatic heterocycles. The first kappa shape index (κ1) is 7.54. The third kappa shape index (κ3) is 2.35. The van der Waals surface area contributed by atoms with Gasteiger partial charge in [0, 0.05) is 12.6 Å². The second kappa shape index (κ2) is 3.56. The van der Waals surface area contributed by atoms with E-state index in [1.807, 2.05) is 0 Å². The van der Waals surface area contributed by atoms with Gasteiger partial charge in [-0.1, -0.05) is 6.42 Å². The lowest BCUT2D eigenvalue weighted by atomic mass is 10.0. The Labute approximate surface area is 60.4 Å². The molecule has 3 nitrogen and oxygen atoms in total. The molecule has 1 radical (unpaired) electrons. The number of hydrogen-bond donors (Lipinski definition) is 1. The zero-order chi connectivity index (χ0) is 7.40. The van der Waals surface area contributed by atoms with Crippen molar-refractivity contribution < 1.29 is 9.90 Å². The number of carboxylic acid groups (broad SMARTS) is 1. The molecule has 1 heterocycles. The minimum absolute atomic E-state index is 0.103. The lowest BCUT2D eigenvalue weighted by molar-refractivity contribution is -0.137. The van der Waals surface area contributed by atoms with Gasteiger partial charge in [-0.2, -0.15) is 0 Å². The van der Waals surface area contributed by atoms with Crippen LogP contribution in [-0.4, -0.2) is 23.7 Å². The predicted molar refractivity (Wildman–Crippen MR) is 36.9 cm³/mol. The van der Waals surface area contributed by atoms with Crippen molar-refractivity contribution in [1.82, 2.24) is 5.32 Å². The van der Waals surface area contributed by atoms with E-state index in [0.29, 0.717) is 0 Å². The van der Waals surface area contributed by atoms with Gasteiger partial charge in [0.2, 0.25) is 0 Å². The maximum absolute atomic E-state index is 10.2. The molecule has 1 aliphatic rings. The second-order valence-electron chi connectivity index (χ2n) is 2.65. The maximum atomic E-state index is 10.2. The van der Waals surface area contributed by atoms with Crippen LogP contribution in [-0.2, 0) is 4.79 Å². The standard InChI is InChI=1S/C7H12NO2/c9-7(10)5-6-3-1-2-4-8-6/h6H,1-5H2,(H,9,10). The summed E-state index contributed by atoms with van der Waals surface area (Å²) in [5, 5.41) is 12.6. The summed E-state index contributed by atoms with van der Waals surface area (Å²) in [7, 11) is 0. The molecule has 1 saturated heterocycles. The summed E-state index contributed by atoms with van der Waals surface area (Å²) in [5.41, 5.74) is 0. The summed E-state index contributed by atoms with van der Waals surface area (Å²) >= 11 is 0. The molecule has 57 valence electrons. The van der Waals surface area contributed by atoms with Gasteiger partial charge in [-0.25, -0.2) is 5.32 Å². The summed E-state index contributed by atoms with van der Waals surface area (Å²) in [6.45, 7) is 0.859. The van der Waals surface area contributed by atoms with Gasteiger partial charge in [0.05, 0.1) is 6.42 Å². The summed E-state index contributed by atoms with van der Waals surface area (Å²) in [6, 6.07) is 0.103. The Morgan fingerprint density at radius 2 is 2.40 bits per heavy atom. The molecule has 0 aromatic carbocycles. The van der Waals surface area contributed by atoms with E-state index in [4.69, 9.17) is 5.11 Å². The average Bonchev–Trinajstić information content (AvgIpc) is 1.88. The Balaban J connectivity index is 2.19. The van der Waals surface area contributed by atoms with Gasteiger partial charge in [-0.3, -0.25) is 4.79 Å². The van der Waals surface area contributed by atoms with E-state index in [2.05, 4.69) is 5.32 Å². The Morgan fingerprint density at radius 1 is 1.60 bits per heavy atom. The van der Waals surface area contributed by atoms with E-state index in [9.17, 15) is 4.79 Å². The molecular formula is C7H12NO2. The van der Waals surface area contributed by atoms with Crippen molar-refractivity contribution >= 4 is 5.97 Å². The molecule has 0 bridgehead atoms. The molecular weight excluding hydrogens is 130 g/mol. The van der Waals surface area contributed by atoms with E-state index in [-0.39, 0.29) is 12.5 Å². The van der Waals surface area contributed by atoms with Crippen LogP contribution in [0.2, 0.25) is 0 Å². The van der Waals surface area contributed by atoms with Gasteiger partial charge in [-0.15, -0.1) is 0 Å². The van der Waals surface area contributed by atoms with Crippen molar-refractivity contribution in [2.75, 3.05) is 6.54 Å². The van der Waals surface area contributed by atoms with E-state index in [1.54, 1.807) is 0 Å². The lowest BCUT2D eigenvalue weighted by Crippen LogP contribution is -2.29. The molecule has 0 saturated carbocycles. The Kier molecular flexibility index (Phi) is 2.68. The molecule has 0 spiro atoms. The molecule has 1 atom stereocenters. The number of carboxylic acids is 1. The fourth-order valence-electron chi connectivity index (χ4n) is 1.23. The van der Waals surface area contributed by atoms with E-state index in [1.165, 1.54) is 0 Å².